The molecule has 0 atom stereocenters. The minimum absolute atomic E-state index is 0.243. The molecule has 3 nitrogen and oxygen atoms in total. The van der Waals surface area contributed by atoms with Crippen LogP contribution in [-0.2, 0) is 17.8 Å². The molecule has 0 aromatic heterocycles. The molecule has 3 heteroatoms. The molecule has 0 aliphatic carbocycles. The summed E-state index contributed by atoms with van der Waals surface area (Å²) in [6.07, 6.45) is 2.73. The molecule has 2 aromatic carbocycles. The average molecular weight is 322 g/mol. The minimum atomic E-state index is 0.243. The lowest BCUT2D eigenvalue weighted by molar-refractivity contribution is -0.117. The Morgan fingerprint density at radius 3 is 2.54 bits per heavy atom. The number of fused-ring (bicyclic) bond motifs is 1. The summed E-state index contributed by atoms with van der Waals surface area (Å²) in [5.74, 6) is 0.243. The fraction of sp³-hybridized carbons (Fsp3) is 0.381. The van der Waals surface area contributed by atoms with Crippen molar-refractivity contribution in [1.29, 1.82) is 0 Å². The van der Waals surface area contributed by atoms with Crippen molar-refractivity contribution in [1.82, 2.24) is 4.90 Å². The Morgan fingerprint density at radius 2 is 1.75 bits per heavy atom. The molecule has 1 amide bonds. The first-order valence-electron chi connectivity index (χ1n) is 8.92. The van der Waals surface area contributed by atoms with Crippen molar-refractivity contribution < 1.29 is 4.79 Å². The smallest absolute Gasteiger partial charge is 0.231 e. The van der Waals surface area contributed by atoms with Gasteiger partial charge in [-0.2, -0.15) is 0 Å². The van der Waals surface area contributed by atoms with Gasteiger partial charge in [-0.1, -0.05) is 55.5 Å². The van der Waals surface area contributed by atoms with Crippen molar-refractivity contribution in [3.05, 3.63) is 65.7 Å². The molecular weight excluding hydrogens is 296 g/mol. The van der Waals surface area contributed by atoms with E-state index in [0.29, 0.717) is 6.42 Å². The van der Waals surface area contributed by atoms with Crippen molar-refractivity contribution >= 4 is 11.6 Å². The molecule has 0 fully saturated rings. The van der Waals surface area contributed by atoms with Gasteiger partial charge in [-0.3, -0.25) is 9.69 Å². The number of para-hydroxylation sites is 1. The Labute approximate surface area is 144 Å². The van der Waals surface area contributed by atoms with Crippen LogP contribution in [0.15, 0.2) is 54.6 Å². The van der Waals surface area contributed by atoms with E-state index in [1.807, 2.05) is 17.0 Å². The van der Waals surface area contributed by atoms with E-state index in [-0.39, 0.29) is 5.91 Å². The summed E-state index contributed by atoms with van der Waals surface area (Å²) in [6, 6.07) is 18.8. The lowest BCUT2D eigenvalue weighted by Gasteiger charge is -2.22. The van der Waals surface area contributed by atoms with Gasteiger partial charge in [-0.25, -0.2) is 0 Å². The van der Waals surface area contributed by atoms with Crippen LogP contribution >= 0.6 is 0 Å². The molecule has 0 radical (unpaired) electrons. The zero-order valence-corrected chi connectivity index (χ0v) is 14.4. The van der Waals surface area contributed by atoms with Crippen LogP contribution in [0.5, 0.6) is 0 Å². The van der Waals surface area contributed by atoms with Gasteiger partial charge in [0.05, 0.1) is 6.42 Å². The van der Waals surface area contributed by atoms with Crippen LogP contribution in [-0.4, -0.2) is 30.4 Å². The van der Waals surface area contributed by atoms with Gasteiger partial charge >= 0.3 is 0 Å². The van der Waals surface area contributed by atoms with Crippen LogP contribution in [0.3, 0.4) is 0 Å². The van der Waals surface area contributed by atoms with Gasteiger partial charge in [0.15, 0.2) is 0 Å². The normalized spacial score (nSPS) is 13.6. The Balaban J connectivity index is 1.45. The molecule has 0 saturated carbocycles. The number of anilines is 1. The number of rotatable bonds is 8. The van der Waals surface area contributed by atoms with Gasteiger partial charge < -0.3 is 4.90 Å². The highest BCUT2D eigenvalue weighted by Gasteiger charge is 2.25. The number of nitrogens with zero attached hydrogens (tertiary/aromatic N) is 2. The van der Waals surface area contributed by atoms with E-state index in [2.05, 4.69) is 54.3 Å². The predicted molar refractivity (Wildman–Crippen MR) is 99.1 cm³/mol. The summed E-state index contributed by atoms with van der Waals surface area (Å²) in [4.78, 5) is 16.6. The lowest BCUT2D eigenvalue weighted by Crippen LogP contribution is -2.29. The summed E-state index contributed by atoms with van der Waals surface area (Å²) in [5, 5.41) is 0. The second-order valence-electron chi connectivity index (χ2n) is 6.41. The number of hydrogen-bond acceptors (Lipinski definition) is 2. The third kappa shape index (κ3) is 4.04. The fourth-order valence-electron chi connectivity index (χ4n) is 3.36. The fourth-order valence-corrected chi connectivity index (χ4v) is 3.36. The molecule has 1 aliphatic heterocycles. The van der Waals surface area contributed by atoms with Crippen molar-refractivity contribution in [2.75, 3.05) is 24.5 Å². The second-order valence-corrected chi connectivity index (χ2v) is 6.41. The van der Waals surface area contributed by atoms with Crippen molar-refractivity contribution in [3.8, 4) is 0 Å². The summed E-state index contributed by atoms with van der Waals surface area (Å²) in [6.45, 7) is 6.18. The average Bonchev–Trinajstić information content (AvgIpc) is 2.94. The maximum Gasteiger partial charge on any atom is 0.231 e. The highest BCUT2D eigenvalue weighted by Crippen LogP contribution is 2.28. The summed E-state index contributed by atoms with van der Waals surface area (Å²) in [7, 11) is 0. The van der Waals surface area contributed by atoms with Gasteiger partial charge in [0.2, 0.25) is 5.91 Å². The second kappa shape index (κ2) is 8.11. The molecule has 1 aliphatic rings. The number of carbonyl (C=O) groups excluding carboxylic acids is 1. The van der Waals surface area contributed by atoms with Gasteiger partial charge in [-0.05, 0) is 43.1 Å². The van der Waals surface area contributed by atoms with Gasteiger partial charge in [0, 0.05) is 18.8 Å². The SMILES string of the molecule is CCN(CCCCN1C(=O)Cc2ccccc21)Cc1ccccc1. The van der Waals surface area contributed by atoms with Gasteiger partial charge in [0.25, 0.3) is 0 Å². The van der Waals surface area contributed by atoms with E-state index < -0.39 is 0 Å². The molecule has 3 rings (SSSR count). The van der Waals surface area contributed by atoms with Crippen LogP contribution in [0.2, 0.25) is 0 Å². The molecule has 24 heavy (non-hydrogen) atoms. The van der Waals surface area contributed by atoms with Gasteiger partial charge in [-0.15, -0.1) is 0 Å². The number of amides is 1. The third-order valence-electron chi connectivity index (χ3n) is 4.73. The first kappa shape index (κ1) is 16.7. The zero-order valence-electron chi connectivity index (χ0n) is 14.4. The van der Waals surface area contributed by atoms with Crippen LogP contribution in [0.4, 0.5) is 5.69 Å². The molecule has 0 bridgehead atoms. The maximum atomic E-state index is 12.2. The summed E-state index contributed by atoms with van der Waals surface area (Å²) < 4.78 is 0. The largest absolute Gasteiger partial charge is 0.312 e. The van der Waals surface area contributed by atoms with Crippen molar-refractivity contribution in [3.63, 3.8) is 0 Å². The first-order valence-corrected chi connectivity index (χ1v) is 8.92. The number of hydrogen-bond donors (Lipinski definition) is 0. The number of unbranched alkanes of at least 4 members (excludes halogenated alkanes) is 1. The standard InChI is InChI=1S/C21H26N2O/c1-2-22(17-18-10-4-3-5-11-18)14-8-9-15-23-20-13-7-6-12-19(20)16-21(23)24/h3-7,10-13H,2,8-9,14-17H2,1H3. The van der Waals surface area contributed by atoms with E-state index >= 15 is 0 Å². The zero-order chi connectivity index (χ0) is 16.8. The molecule has 126 valence electrons. The molecular formula is C21H26N2O. The number of carbonyl (C=O) groups is 1. The molecule has 2 aromatic rings. The van der Waals surface area contributed by atoms with Crippen LogP contribution in [0.1, 0.15) is 30.9 Å². The van der Waals surface area contributed by atoms with Crippen molar-refractivity contribution in [2.24, 2.45) is 0 Å². The van der Waals surface area contributed by atoms with Gasteiger partial charge in [0.1, 0.15) is 0 Å². The van der Waals surface area contributed by atoms with E-state index in [4.69, 9.17) is 0 Å². The summed E-state index contributed by atoms with van der Waals surface area (Å²) in [5.41, 5.74) is 3.64. The maximum absolute atomic E-state index is 12.2. The Kier molecular flexibility index (Phi) is 5.65. The van der Waals surface area contributed by atoms with E-state index in [1.54, 1.807) is 0 Å². The Hall–Kier alpha value is -2.13. The van der Waals surface area contributed by atoms with Crippen LogP contribution in [0.25, 0.3) is 0 Å². The molecule has 0 spiro atoms. The van der Waals surface area contributed by atoms with Crippen molar-refractivity contribution in [2.45, 2.75) is 32.7 Å². The number of benzene rings is 2. The predicted octanol–water partition coefficient (Wildman–Crippen LogP) is 3.88. The van der Waals surface area contributed by atoms with Crippen LogP contribution in [0, 0.1) is 0 Å². The van der Waals surface area contributed by atoms with Crippen LogP contribution < -0.4 is 4.90 Å². The van der Waals surface area contributed by atoms with E-state index in [0.717, 1.165) is 44.7 Å². The summed E-state index contributed by atoms with van der Waals surface area (Å²) >= 11 is 0. The molecule has 0 N–H and O–H groups in total. The topological polar surface area (TPSA) is 23.6 Å². The quantitative estimate of drug-likeness (QED) is 0.689. The Morgan fingerprint density at radius 1 is 1.00 bits per heavy atom. The van der Waals surface area contributed by atoms with E-state index in [9.17, 15) is 4.79 Å². The first-order chi connectivity index (χ1) is 11.8. The molecule has 0 unspecified atom stereocenters. The third-order valence-corrected chi connectivity index (χ3v) is 4.73. The molecule has 0 saturated heterocycles. The monoisotopic (exact) mass is 322 g/mol. The highest BCUT2D eigenvalue weighted by molar-refractivity contribution is 6.01. The minimum Gasteiger partial charge on any atom is -0.312 e. The lowest BCUT2D eigenvalue weighted by atomic mass is 10.2. The molecule has 1 heterocycles. The Bertz CT molecular complexity index is 669. The highest BCUT2D eigenvalue weighted by atomic mass is 16.2. The van der Waals surface area contributed by atoms with E-state index in [1.165, 1.54) is 11.1 Å².